The van der Waals surface area contributed by atoms with Crippen molar-refractivity contribution >= 4 is 0 Å². The molecule has 0 aliphatic carbocycles. The molecule has 1 unspecified atom stereocenters. The van der Waals surface area contributed by atoms with Crippen LogP contribution in [0.1, 0.15) is 31.3 Å². The summed E-state index contributed by atoms with van der Waals surface area (Å²) in [5.74, 6) is 0.0685. The molecule has 1 atom stereocenters. The lowest BCUT2D eigenvalue weighted by Gasteiger charge is -2.08. The zero-order valence-electron chi connectivity index (χ0n) is 9.12. The Morgan fingerprint density at radius 1 is 1.56 bits per heavy atom. The van der Waals surface area contributed by atoms with E-state index in [-0.39, 0.29) is 5.92 Å². The average Bonchev–Trinajstić information content (AvgIpc) is 2.70. The summed E-state index contributed by atoms with van der Waals surface area (Å²) in [4.78, 5) is 19.3. The monoisotopic (exact) mass is 220 g/mol. The van der Waals surface area contributed by atoms with Crippen LogP contribution in [0.3, 0.4) is 0 Å². The minimum Gasteiger partial charge on any atom is -0.296 e. The van der Waals surface area contributed by atoms with Crippen LogP contribution in [0.2, 0.25) is 0 Å². The van der Waals surface area contributed by atoms with Gasteiger partial charge in [0.05, 0.1) is 11.6 Å². The summed E-state index contributed by atoms with van der Waals surface area (Å²) in [5, 5.41) is 3.78. The maximum absolute atomic E-state index is 11.3. The molecule has 6 nitrogen and oxygen atoms in total. The van der Waals surface area contributed by atoms with Gasteiger partial charge >= 0.3 is 5.76 Å². The topological polar surface area (TPSA) is 73.8 Å². The van der Waals surface area contributed by atoms with Crippen LogP contribution >= 0.6 is 0 Å². The highest BCUT2D eigenvalue weighted by atomic mass is 16.5. The third-order valence-corrected chi connectivity index (χ3v) is 2.47. The van der Waals surface area contributed by atoms with Crippen LogP contribution in [-0.4, -0.2) is 19.7 Å². The molecule has 0 aromatic carbocycles. The molecule has 0 aliphatic rings. The van der Waals surface area contributed by atoms with Crippen LogP contribution in [0.15, 0.2) is 27.9 Å². The first-order valence-electron chi connectivity index (χ1n) is 5.06. The molecule has 2 aromatic rings. The molecule has 2 aromatic heterocycles. The molecule has 0 N–H and O–H groups in total. The van der Waals surface area contributed by atoms with E-state index in [0.717, 1.165) is 5.69 Å². The van der Waals surface area contributed by atoms with Gasteiger partial charge < -0.3 is 0 Å². The maximum Gasteiger partial charge on any atom is 0.441 e. The van der Waals surface area contributed by atoms with Gasteiger partial charge in [0, 0.05) is 12.7 Å². The molecule has 2 heterocycles. The SMILES string of the molecule is CCn1c(C(C)c2ccncn2)noc1=O. The highest BCUT2D eigenvalue weighted by molar-refractivity contribution is 5.14. The van der Waals surface area contributed by atoms with E-state index in [2.05, 4.69) is 19.6 Å². The smallest absolute Gasteiger partial charge is 0.296 e. The summed E-state index contributed by atoms with van der Waals surface area (Å²) in [6, 6.07) is 1.80. The lowest BCUT2D eigenvalue weighted by atomic mass is 10.1. The van der Waals surface area contributed by atoms with E-state index in [1.165, 1.54) is 10.9 Å². The van der Waals surface area contributed by atoms with Crippen molar-refractivity contribution < 1.29 is 4.52 Å². The quantitative estimate of drug-likeness (QED) is 0.764. The molecule has 2 rings (SSSR count). The Morgan fingerprint density at radius 2 is 2.38 bits per heavy atom. The standard InChI is InChI=1S/C10H12N4O2/c1-3-14-9(13-16-10(14)15)7(2)8-4-5-11-6-12-8/h4-7H,3H2,1-2H3. The molecule has 0 amide bonds. The van der Waals surface area contributed by atoms with Crippen molar-refractivity contribution in [2.24, 2.45) is 0 Å². The molecule has 6 heteroatoms. The summed E-state index contributed by atoms with van der Waals surface area (Å²) >= 11 is 0. The van der Waals surface area contributed by atoms with Crippen molar-refractivity contribution in [1.29, 1.82) is 0 Å². The van der Waals surface area contributed by atoms with Crippen molar-refractivity contribution in [2.75, 3.05) is 0 Å². The summed E-state index contributed by atoms with van der Waals surface area (Å²) in [6.07, 6.45) is 3.13. The van der Waals surface area contributed by atoms with E-state index in [1.54, 1.807) is 12.3 Å². The van der Waals surface area contributed by atoms with Gasteiger partial charge in [0.1, 0.15) is 6.33 Å². The molecule has 0 saturated heterocycles. The van der Waals surface area contributed by atoms with Crippen LogP contribution in [0, 0.1) is 0 Å². The van der Waals surface area contributed by atoms with E-state index in [4.69, 9.17) is 0 Å². The van der Waals surface area contributed by atoms with Gasteiger partial charge in [-0.1, -0.05) is 5.16 Å². The van der Waals surface area contributed by atoms with Crippen LogP contribution in [0.5, 0.6) is 0 Å². The van der Waals surface area contributed by atoms with Crippen LogP contribution in [0.4, 0.5) is 0 Å². The second kappa shape index (κ2) is 4.26. The van der Waals surface area contributed by atoms with Gasteiger partial charge in [0.15, 0.2) is 5.82 Å². The largest absolute Gasteiger partial charge is 0.441 e. The second-order valence-electron chi connectivity index (χ2n) is 3.41. The Morgan fingerprint density at radius 3 is 3.00 bits per heavy atom. The van der Waals surface area contributed by atoms with Crippen LogP contribution in [-0.2, 0) is 6.54 Å². The number of hydrogen-bond acceptors (Lipinski definition) is 5. The van der Waals surface area contributed by atoms with Crippen molar-refractivity contribution in [2.45, 2.75) is 26.3 Å². The van der Waals surface area contributed by atoms with E-state index in [0.29, 0.717) is 12.4 Å². The van der Waals surface area contributed by atoms with Gasteiger partial charge in [0.25, 0.3) is 0 Å². The van der Waals surface area contributed by atoms with Crippen molar-refractivity contribution in [3.05, 3.63) is 40.7 Å². The molecule has 0 radical (unpaired) electrons. The molecule has 0 spiro atoms. The van der Waals surface area contributed by atoms with Gasteiger partial charge in [0.2, 0.25) is 0 Å². The van der Waals surface area contributed by atoms with E-state index < -0.39 is 5.76 Å². The summed E-state index contributed by atoms with van der Waals surface area (Å²) in [7, 11) is 0. The molecule has 0 aliphatic heterocycles. The van der Waals surface area contributed by atoms with E-state index >= 15 is 0 Å². The zero-order chi connectivity index (χ0) is 11.5. The Labute approximate surface area is 91.9 Å². The van der Waals surface area contributed by atoms with Gasteiger partial charge in [-0.3, -0.25) is 9.09 Å². The highest BCUT2D eigenvalue weighted by Gasteiger charge is 2.18. The first-order valence-corrected chi connectivity index (χ1v) is 5.06. The van der Waals surface area contributed by atoms with Crippen molar-refractivity contribution in [3.8, 4) is 0 Å². The fourth-order valence-corrected chi connectivity index (χ4v) is 1.57. The lowest BCUT2D eigenvalue weighted by Crippen LogP contribution is -2.17. The Balaban J connectivity index is 2.42. The normalized spacial score (nSPS) is 12.6. The number of nitrogens with zero attached hydrogens (tertiary/aromatic N) is 4. The summed E-state index contributed by atoms with van der Waals surface area (Å²) in [5.41, 5.74) is 0.811. The Hall–Kier alpha value is -1.98. The molecule has 0 bridgehead atoms. The lowest BCUT2D eigenvalue weighted by molar-refractivity contribution is 0.373. The predicted molar refractivity (Wildman–Crippen MR) is 56.0 cm³/mol. The summed E-state index contributed by atoms with van der Waals surface area (Å²) < 4.78 is 6.14. The fraction of sp³-hybridized carbons (Fsp3) is 0.400. The van der Waals surface area contributed by atoms with Gasteiger partial charge in [-0.25, -0.2) is 14.8 Å². The summed E-state index contributed by atoms with van der Waals surface area (Å²) in [6.45, 7) is 4.33. The first-order chi connectivity index (χ1) is 7.74. The van der Waals surface area contributed by atoms with Crippen LogP contribution < -0.4 is 5.76 Å². The van der Waals surface area contributed by atoms with E-state index in [1.807, 2.05) is 13.8 Å². The minimum absolute atomic E-state index is 0.0885. The zero-order valence-corrected chi connectivity index (χ0v) is 9.12. The Kier molecular flexibility index (Phi) is 2.80. The molecular formula is C10H12N4O2. The molecule has 0 saturated carbocycles. The molecular weight excluding hydrogens is 208 g/mol. The highest BCUT2D eigenvalue weighted by Crippen LogP contribution is 2.18. The van der Waals surface area contributed by atoms with Gasteiger partial charge in [-0.2, -0.15) is 0 Å². The number of aromatic nitrogens is 4. The van der Waals surface area contributed by atoms with E-state index in [9.17, 15) is 4.79 Å². The Bertz CT molecular complexity index is 517. The van der Waals surface area contributed by atoms with Crippen molar-refractivity contribution in [1.82, 2.24) is 19.7 Å². The molecule has 16 heavy (non-hydrogen) atoms. The number of hydrogen-bond donors (Lipinski definition) is 0. The van der Waals surface area contributed by atoms with Crippen molar-refractivity contribution in [3.63, 3.8) is 0 Å². The fourth-order valence-electron chi connectivity index (χ4n) is 1.57. The third kappa shape index (κ3) is 1.73. The maximum atomic E-state index is 11.3. The van der Waals surface area contributed by atoms with Crippen LogP contribution in [0.25, 0.3) is 0 Å². The van der Waals surface area contributed by atoms with Gasteiger partial charge in [-0.05, 0) is 19.9 Å². The molecule has 84 valence electrons. The predicted octanol–water partition coefficient (Wildman–Crippen LogP) is 0.798. The third-order valence-electron chi connectivity index (χ3n) is 2.47. The minimum atomic E-state index is -0.432. The second-order valence-corrected chi connectivity index (χ2v) is 3.41. The number of rotatable bonds is 3. The average molecular weight is 220 g/mol. The van der Waals surface area contributed by atoms with Gasteiger partial charge in [-0.15, -0.1) is 0 Å². The molecule has 0 fully saturated rings. The first kappa shape index (κ1) is 10.5.